The van der Waals surface area contributed by atoms with Gasteiger partial charge in [-0.15, -0.1) is 0 Å². The van der Waals surface area contributed by atoms with Crippen LogP contribution < -0.4 is 10.6 Å². The van der Waals surface area contributed by atoms with Crippen LogP contribution in [0, 0.1) is 5.82 Å². The predicted octanol–water partition coefficient (Wildman–Crippen LogP) is 2.58. The molecule has 2 aromatic carbocycles. The summed E-state index contributed by atoms with van der Waals surface area (Å²) in [7, 11) is 3.42. The van der Waals surface area contributed by atoms with Crippen molar-refractivity contribution in [2.24, 2.45) is 0 Å². The first-order valence-corrected chi connectivity index (χ1v) is 7.93. The molecule has 0 spiro atoms. The van der Waals surface area contributed by atoms with Crippen molar-refractivity contribution in [2.75, 3.05) is 19.4 Å². The topological polar surface area (TPSA) is 61.4 Å². The summed E-state index contributed by atoms with van der Waals surface area (Å²) < 4.78 is 12.9. The summed E-state index contributed by atoms with van der Waals surface area (Å²) in [6.45, 7) is 0. The molecule has 0 saturated heterocycles. The molecule has 0 aliphatic heterocycles. The average Bonchev–Trinajstić information content (AvgIpc) is 2.57. The molecule has 2 aromatic rings. The SMILES string of the molecule is CN(C)C(=O)Cc1ccc(NC(=S)NC(=O)c2ccc(F)cc2)cc1. The van der Waals surface area contributed by atoms with Crippen LogP contribution in [0.1, 0.15) is 15.9 Å². The van der Waals surface area contributed by atoms with Gasteiger partial charge < -0.3 is 10.2 Å². The Bertz CT molecular complexity index is 774. The van der Waals surface area contributed by atoms with Crippen LogP contribution >= 0.6 is 12.2 Å². The molecular formula is C18H18FN3O2S. The van der Waals surface area contributed by atoms with Crippen LogP contribution in [0.5, 0.6) is 0 Å². The third-order valence-corrected chi connectivity index (χ3v) is 3.60. The van der Waals surface area contributed by atoms with Crippen LogP contribution in [0.25, 0.3) is 0 Å². The Balaban J connectivity index is 1.91. The fourth-order valence-corrected chi connectivity index (χ4v) is 2.19. The van der Waals surface area contributed by atoms with Crippen LogP contribution in [0.15, 0.2) is 48.5 Å². The quantitative estimate of drug-likeness (QED) is 0.824. The van der Waals surface area contributed by atoms with Crippen LogP contribution in [-0.2, 0) is 11.2 Å². The zero-order chi connectivity index (χ0) is 18.4. The van der Waals surface area contributed by atoms with Crippen molar-refractivity contribution in [1.82, 2.24) is 10.2 Å². The third kappa shape index (κ3) is 5.65. The molecule has 0 unspecified atom stereocenters. The zero-order valence-corrected chi connectivity index (χ0v) is 14.7. The Kier molecular flexibility index (Phi) is 6.19. The highest BCUT2D eigenvalue weighted by Crippen LogP contribution is 2.11. The summed E-state index contributed by atoms with van der Waals surface area (Å²) in [5, 5.41) is 5.54. The second kappa shape index (κ2) is 8.34. The van der Waals surface area contributed by atoms with Crippen molar-refractivity contribution >= 4 is 34.8 Å². The van der Waals surface area contributed by atoms with Gasteiger partial charge in [0.05, 0.1) is 6.42 Å². The lowest BCUT2D eigenvalue weighted by atomic mass is 10.1. The minimum absolute atomic E-state index is 0.0165. The highest BCUT2D eigenvalue weighted by molar-refractivity contribution is 7.80. The minimum atomic E-state index is -0.425. The van der Waals surface area contributed by atoms with Gasteiger partial charge in [0.1, 0.15) is 5.82 Å². The lowest BCUT2D eigenvalue weighted by molar-refractivity contribution is -0.127. The maximum atomic E-state index is 12.9. The van der Waals surface area contributed by atoms with Gasteiger partial charge >= 0.3 is 0 Å². The lowest BCUT2D eigenvalue weighted by Crippen LogP contribution is -2.34. The normalized spacial score (nSPS) is 10.0. The molecular weight excluding hydrogens is 341 g/mol. The number of halogens is 1. The molecule has 2 rings (SSSR count). The van der Waals surface area contributed by atoms with E-state index in [1.54, 1.807) is 26.2 Å². The molecule has 0 fully saturated rings. The Hall–Kier alpha value is -2.80. The molecule has 0 aliphatic carbocycles. The van der Waals surface area contributed by atoms with Crippen molar-refractivity contribution in [2.45, 2.75) is 6.42 Å². The van der Waals surface area contributed by atoms with Crippen molar-refractivity contribution in [3.05, 3.63) is 65.5 Å². The molecule has 0 aliphatic rings. The Labute approximate surface area is 150 Å². The minimum Gasteiger partial charge on any atom is -0.349 e. The number of rotatable bonds is 4. The van der Waals surface area contributed by atoms with E-state index in [2.05, 4.69) is 10.6 Å². The zero-order valence-electron chi connectivity index (χ0n) is 13.9. The molecule has 2 N–H and O–H groups in total. The Morgan fingerprint density at radius 3 is 2.20 bits per heavy atom. The summed E-state index contributed by atoms with van der Waals surface area (Å²) in [6.07, 6.45) is 0.318. The third-order valence-electron chi connectivity index (χ3n) is 3.40. The van der Waals surface area contributed by atoms with Crippen LogP contribution in [0.4, 0.5) is 10.1 Å². The van der Waals surface area contributed by atoms with Crippen LogP contribution in [0.3, 0.4) is 0 Å². The van der Waals surface area contributed by atoms with Crippen molar-refractivity contribution < 1.29 is 14.0 Å². The second-order valence-corrected chi connectivity index (χ2v) is 5.99. The van der Waals surface area contributed by atoms with Gasteiger partial charge in [-0.25, -0.2) is 4.39 Å². The van der Waals surface area contributed by atoms with Crippen molar-refractivity contribution in [3.8, 4) is 0 Å². The van der Waals surface area contributed by atoms with E-state index in [4.69, 9.17) is 12.2 Å². The van der Waals surface area contributed by atoms with E-state index in [0.29, 0.717) is 17.7 Å². The Morgan fingerprint density at radius 2 is 1.64 bits per heavy atom. The van der Waals surface area contributed by atoms with E-state index in [9.17, 15) is 14.0 Å². The van der Waals surface area contributed by atoms with Gasteiger partial charge in [0.25, 0.3) is 5.91 Å². The van der Waals surface area contributed by atoms with Gasteiger partial charge in [-0.3, -0.25) is 14.9 Å². The maximum absolute atomic E-state index is 12.9. The highest BCUT2D eigenvalue weighted by atomic mass is 32.1. The predicted molar refractivity (Wildman–Crippen MR) is 98.9 cm³/mol. The number of hydrogen-bond donors (Lipinski definition) is 2. The molecule has 5 nitrogen and oxygen atoms in total. The molecule has 0 heterocycles. The van der Waals surface area contributed by atoms with Gasteiger partial charge in [0.15, 0.2) is 5.11 Å². The van der Waals surface area contributed by atoms with Gasteiger partial charge in [0, 0.05) is 25.3 Å². The van der Waals surface area contributed by atoms with E-state index in [1.165, 1.54) is 29.2 Å². The number of anilines is 1. The first kappa shape index (κ1) is 18.5. The smallest absolute Gasteiger partial charge is 0.257 e. The first-order valence-electron chi connectivity index (χ1n) is 7.52. The van der Waals surface area contributed by atoms with E-state index in [1.807, 2.05) is 12.1 Å². The van der Waals surface area contributed by atoms with Crippen molar-refractivity contribution in [1.29, 1.82) is 0 Å². The average molecular weight is 359 g/mol. The second-order valence-electron chi connectivity index (χ2n) is 5.58. The number of benzene rings is 2. The number of amides is 2. The highest BCUT2D eigenvalue weighted by Gasteiger charge is 2.09. The molecule has 0 radical (unpaired) electrons. The number of nitrogens with zero attached hydrogens (tertiary/aromatic N) is 1. The van der Waals surface area contributed by atoms with E-state index in [-0.39, 0.29) is 11.0 Å². The maximum Gasteiger partial charge on any atom is 0.257 e. The summed E-state index contributed by atoms with van der Waals surface area (Å²) in [4.78, 5) is 25.2. The van der Waals surface area contributed by atoms with Gasteiger partial charge in [-0.05, 0) is 54.2 Å². The molecule has 2 amide bonds. The first-order chi connectivity index (χ1) is 11.8. The standard InChI is InChI=1S/C18H18FN3O2S/c1-22(2)16(23)11-12-3-9-15(10-4-12)20-18(25)21-17(24)13-5-7-14(19)8-6-13/h3-10H,11H2,1-2H3,(H2,20,21,24,25). The van der Waals surface area contributed by atoms with Crippen LogP contribution in [0.2, 0.25) is 0 Å². The summed E-state index contributed by atoms with van der Waals surface area (Å²) >= 11 is 5.10. The molecule has 0 aromatic heterocycles. The number of carbonyl (C=O) groups is 2. The molecule has 130 valence electrons. The van der Waals surface area contributed by atoms with E-state index < -0.39 is 11.7 Å². The number of likely N-dealkylation sites (N-methyl/N-ethyl adjacent to an activating group) is 1. The van der Waals surface area contributed by atoms with Gasteiger partial charge in [-0.1, -0.05) is 12.1 Å². The molecule has 7 heteroatoms. The largest absolute Gasteiger partial charge is 0.349 e. The molecule has 25 heavy (non-hydrogen) atoms. The molecule has 0 atom stereocenters. The molecule has 0 bridgehead atoms. The summed E-state index contributed by atoms with van der Waals surface area (Å²) in [5.41, 5.74) is 1.87. The summed E-state index contributed by atoms with van der Waals surface area (Å²) in [5.74, 6) is -0.821. The lowest BCUT2D eigenvalue weighted by Gasteiger charge is -2.12. The summed E-state index contributed by atoms with van der Waals surface area (Å²) in [6, 6.07) is 12.3. The monoisotopic (exact) mass is 359 g/mol. The van der Waals surface area contributed by atoms with E-state index in [0.717, 1.165) is 5.56 Å². The number of nitrogens with one attached hydrogen (secondary N) is 2. The number of hydrogen-bond acceptors (Lipinski definition) is 3. The van der Waals surface area contributed by atoms with Crippen LogP contribution in [-0.4, -0.2) is 35.9 Å². The molecule has 0 saturated carbocycles. The van der Waals surface area contributed by atoms with Crippen molar-refractivity contribution in [3.63, 3.8) is 0 Å². The number of carbonyl (C=O) groups excluding carboxylic acids is 2. The number of thiocarbonyl (C=S) groups is 1. The fraction of sp³-hybridized carbons (Fsp3) is 0.167. The Morgan fingerprint density at radius 1 is 1.04 bits per heavy atom. The van der Waals surface area contributed by atoms with Gasteiger partial charge in [0.2, 0.25) is 5.91 Å². The van der Waals surface area contributed by atoms with E-state index >= 15 is 0 Å². The van der Waals surface area contributed by atoms with Gasteiger partial charge in [-0.2, -0.15) is 0 Å². The fourth-order valence-electron chi connectivity index (χ4n) is 1.98.